The van der Waals surface area contributed by atoms with E-state index in [-0.39, 0.29) is 36.7 Å². The lowest BCUT2D eigenvalue weighted by Gasteiger charge is -2.16. The van der Waals surface area contributed by atoms with Crippen molar-refractivity contribution in [2.45, 2.75) is 19.6 Å². The molecule has 0 spiro atoms. The van der Waals surface area contributed by atoms with Crippen LogP contribution in [-0.2, 0) is 27.5 Å². The average molecular weight is 350 g/mol. The second kappa shape index (κ2) is 6.63. The fourth-order valence-electron chi connectivity index (χ4n) is 3.36. The summed E-state index contributed by atoms with van der Waals surface area (Å²) in [4.78, 5) is 38.0. The number of carbonyl (C=O) groups excluding carboxylic acids is 3. The highest BCUT2D eigenvalue weighted by molar-refractivity contribution is 5.98. The van der Waals surface area contributed by atoms with E-state index in [9.17, 15) is 14.4 Å². The zero-order chi connectivity index (χ0) is 18.1. The third-order valence-corrected chi connectivity index (χ3v) is 4.75. The lowest BCUT2D eigenvalue weighted by molar-refractivity contribution is -0.128. The predicted octanol–water partition coefficient (Wildman–Crippen LogP) is 2.34. The van der Waals surface area contributed by atoms with Gasteiger partial charge in [-0.05, 0) is 23.8 Å². The fraction of sp³-hybridized carbons (Fsp3) is 0.250. The molecular weight excluding hydrogens is 332 g/mol. The summed E-state index contributed by atoms with van der Waals surface area (Å²) < 4.78 is 4.96. The standard InChI is InChI=1S/C20H18N2O4/c23-18-9-14(11-22(18)10-13-4-2-1-3-5-13)19(24)21-16-6-7-17-15(8-16)12-26-20(17)25/h1-8,14H,9-12H2,(H,21,24)/t14-/m0/s1. The molecule has 1 N–H and O–H groups in total. The van der Waals surface area contributed by atoms with Crippen LogP contribution >= 0.6 is 0 Å². The van der Waals surface area contributed by atoms with Crippen molar-refractivity contribution in [3.8, 4) is 0 Å². The summed E-state index contributed by atoms with van der Waals surface area (Å²) in [6.45, 7) is 1.15. The Balaban J connectivity index is 1.40. The molecule has 2 aliphatic rings. The first-order chi connectivity index (χ1) is 12.6. The number of anilines is 1. The Morgan fingerprint density at radius 2 is 1.96 bits per heavy atom. The number of esters is 1. The van der Waals surface area contributed by atoms with Crippen LogP contribution in [-0.4, -0.2) is 29.2 Å². The number of hydrogen-bond donors (Lipinski definition) is 1. The van der Waals surface area contributed by atoms with E-state index in [4.69, 9.17) is 4.74 Å². The van der Waals surface area contributed by atoms with Crippen molar-refractivity contribution in [2.75, 3.05) is 11.9 Å². The smallest absolute Gasteiger partial charge is 0.338 e. The summed E-state index contributed by atoms with van der Waals surface area (Å²) in [5.74, 6) is -0.908. The molecule has 6 heteroatoms. The van der Waals surface area contributed by atoms with Gasteiger partial charge in [0, 0.05) is 30.8 Å². The third-order valence-electron chi connectivity index (χ3n) is 4.75. The van der Waals surface area contributed by atoms with Crippen molar-refractivity contribution in [1.29, 1.82) is 0 Å². The number of rotatable bonds is 4. The second-order valence-corrected chi connectivity index (χ2v) is 6.60. The number of benzene rings is 2. The largest absolute Gasteiger partial charge is 0.457 e. The van der Waals surface area contributed by atoms with Gasteiger partial charge in [-0.25, -0.2) is 4.79 Å². The summed E-state index contributed by atoms with van der Waals surface area (Å²) in [6, 6.07) is 14.8. The lowest BCUT2D eigenvalue weighted by atomic mass is 10.1. The van der Waals surface area contributed by atoms with E-state index >= 15 is 0 Å². The van der Waals surface area contributed by atoms with E-state index in [0.717, 1.165) is 11.1 Å². The molecule has 2 heterocycles. The Hall–Kier alpha value is -3.15. The normalized spacial score (nSPS) is 18.6. The summed E-state index contributed by atoms with van der Waals surface area (Å²) in [6.07, 6.45) is 0.213. The van der Waals surface area contributed by atoms with Crippen molar-refractivity contribution in [3.05, 3.63) is 65.2 Å². The van der Waals surface area contributed by atoms with E-state index in [1.165, 1.54) is 0 Å². The maximum Gasteiger partial charge on any atom is 0.338 e. The Morgan fingerprint density at radius 3 is 2.77 bits per heavy atom. The lowest BCUT2D eigenvalue weighted by Crippen LogP contribution is -2.28. The molecule has 0 aromatic heterocycles. The van der Waals surface area contributed by atoms with Crippen LogP contribution in [0.25, 0.3) is 0 Å². The average Bonchev–Trinajstić information content (AvgIpc) is 3.19. The molecule has 0 bridgehead atoms. The van der Waals surface area contributed by atoms with Gasteiger partial charge in [-0.3, -0.25) is 9.59 Å². The van der Waals surface area contributed by atoms with Crippen molar-refractivity contribution in [1.82, 2.24) is 4.90 Å². The van der Waals surface area contributed by atoms with Crippen molar-refractivity contribution in [2.24, 2.45) is 5.92 Å². The summed E-state index contributed by atoms with van der Waals surface area (Å²) in [5.41, 5.74) is 2.96. The van der Waals surface area contributed by atoms with Crippen LogP contribution < -0.4 is 5.32 Å². The molecule has 2 aromatic rings. The first-order valence-corrected chi connectivity index (χ1v) is 8.53. The zero-order valence-electron chi connectivity index (χ0n) is 14.1. The Kier molecular flexibility index (Phi) is 4.16. The van der Waals surface area contributed by atoms with Gasteiger partial charge in [-0.15, -0.1) is 0 Å². The number of ether oxygens (including phenoxy) is 1. The van der Waals surface area contributed by atoms with Crippen LogP contribution in [0.3, 0.4) is 0 Å². The van der Waals surface area contributed by atoms with Gasteiger partial charge in [0.25, 0.3) is 0 Å². The maximum atomic E-state index is 12.5. The molecule has 132 valence electrons. The van der Waals surface area contributed by atoms with Gasteiger partial charge in [-0.1, -0.05) is 30.3 Å². The Morgan fingerprint density at radius 1 is 1.15 bits per heavy atom. The SMILES string of the molecule is O=C1OCc2cc(NC(=O)[C@H]3CC(=O)N(Cc4ccccc4)C3)ccc21. The molecule has 0 saturated carbocycles. The number of amides is 2. The summed E-state index contributed by atoms with van der Waals surface area (Å²) in [5, 5.41) is 2.85. The minimum Gasteiger partial charge on any atom is -0.457 e. The van der Waals surface area contributed by atoms with Crippen LogP contribution in [0.1, 0.15) is 27.9 Å². The number of carbonyl (C=O) groups is 3. The number of likely N-dealkylation sites (tertiary alicyclic amines) is 1. The van der Waals surface area contributed by atoms with E-state index in [1.807, 2.05) is 30.3 Å². The quantitative estimate of drug-likeness (QED) is 0.859. The summed E-state index contributed by atoms with van der Waals surface area (Å²) in [7, 11) is 0. The molecule has 1 saturated heterocycles. The van der Waals surface area contributed by atoms with Gasteiger partial charge < -0.3 is 15.0 Å². The third kappa shape index (κ3) is 3.18. The van der Waals surface area contributed by atoms with E-state index in [0.29, 0.717) is 24.3 Å². The van der Waals surface area contributed by atoms with Crippen LogP contribution in [0.4, 0.5) is 5.69 Å². The van der Waals surface area contributed by atoms with Crippen LogP contribution in [0, 0.1) is 5.92 Å². The molecule has 2 amide bonds. The van der Waals surface area contributed by atoms with E-state index in [1.54, 1.807) is 23.1 Å². The topological polar surface area (TPSA) is 75.7 Å². The van der Waals surface area contributed by atoms with Crippen molar-refractivity contribution in [3.63, 3.8) is 0 Å². The second-order valence-electron chi connectivity index (χ2n) is 6.60. The molecule has 6 nitrogen and oxygen atoms in total. The molecule has 26 heavy (non-hydrogen) atoms. The van der Waals surface area contributed by atoms with Gasteiger partial charge >= 0.3 is 5.97 Å². The predicted molar refractivity (Wildman–Crippen MR) is 94.2 cm³/mol. The van der Waals surface area contributed by atoms with Gasteiger partial charge in [0.1, 0.15) is 6.61 Å². The summed E-state index contributed by atoms with van der Waals surface area (Å²) >= 11 is 0. The highest BCUT2D eigenvalue weighted by Gasteiger charge is 2.34. The maximum absolute atomic E-state index is 12.5. The number of fused-ring (bicyclic) bond motifs is 1. The Bertz CT molecular complexity index is 879. The number of cyclic esters (lactones) is 1. The van der Waals surface area contributed by atoms with E-state index < -0.39 is 0 Å². The minimum absolute atomic E-state index is 0.0121. The van der Waals surface area contributed by atoms with E-state index in [2.05, 4.69) is 5.32 Å². The van der Waals surface area contributed by atoms with Gasteiger partial charge in [-0.2, -0.15) is 0 Å². The zero-order valence-corrected chi connectivity index (χ0v) is 14.1. The number of nitrogens with one attached hydrogen (secondary N) is 1. The monoisotopic (exact) mass is 350 g/mol. The highest BCUT2D eigenvalue weighted by atomic mass is 16.5. The van der Waals surface area contributed by atoms with Crippen LogP contribution in [0.2, 0.25) is 0 Å². The molecule has 0 aliphatic carbocycles. The number of nitrogens with zero attached hydrogens (tertiary/aromatic N) is 1. The van der Waals surface area contributed by atoms with Crippen molar-refractivity contribution >= 4 is 23.5 Å². The molecule has 0 unspecified atom stereocenters. The molecule has 1 atom stereocenters. The highest BCUT2D eigenvalue weighted by Crippen LogP contribution is 2.25. The molecule has 1 fully saturated rings. The molecule has 2 aliphatic heterocycles. The molecule has 0 radical (unpaired) electrons. The fourth-order valence-corrected chi connectivity index (χ4v) is 3.36. The molecule has 2 aromatic carbocycles. The van der Waals surface area contributed by atoms with Gasteiger partial charge in [0.15, 0.2) is 0 Å². The first-order valence-electron chi connectivity index (χ1n) is 8.53. The Labute approximate surface area is 150 Å². The number of hydrogen-bond acceptors (Lipinski definition) is 4. The van der Waals surface area contributed by atoms with Crippen molar-refractivity contribution < 1.29 is 19.1 Å². The molecule has 4 rings (SSSR count). The molecular formula is C20H18N2O4. The first kappa shape index (κ1) is 16.3. The van der Waals surface area contributed by atoms with Gasteiger partial charge in [0.2, 0.25) is 11.8 Å². The minimum atomic E-state index is -0.377. The van der Waals surface area contributed by atoms with Gasteiger partial charge in [0.05, 0.1) is 11.5 Å². The van der Waals surface area contributed by atoms with Crippen LogP contribution in [0.5, 0.6) is 0 Å². The van der Waals surface area contributed by atoms with Crippen LogP contribution in [0.15, 0.2) is 48.5 Å².